The zero-order valence-electron chi connectivity index (χ0n) is 11.4. The average Bonchev–Trinajstić information content (AvgIpc) is 2.38. The fraction of sp³-hybridized carbons (Fsp3) is 0.385. The first kappa shape index (κ1) is 16.8. The SMILES string of the molecule is CC(C#N)[Si](C)(C)OC(=O)COc1ccc(Cl)c(Cl)c1. The van der Waals surface area contributed by atoms with Crippen molar-refractivity contribution in [2.45, 2.75) is 25.6 Å². The van der Waals surface area contributed by atoms with E-state index in [1.807, 2.05) is 13.1 Å². The van der Waals surface area contributed by atoms with Gasteiger partial charge in [-0.15, -0.1) is 0 Å². The minimum absolute atomic E-state index is 0.230. The van der Waals surface area contributed by atoms with Gasteiger partial charge in [0.15, 0.2) is 6.61 Å². The van der Waals surface area contributed by atoms with Crippen LogP contribution in [0.15, 0.2) is 18.2 Å². The summed E-state index contributed by atoms with van der Waals surface area (Å²) >= 11 is 11.6. The van der Waals surface area contributed by atoms with Crippen molar-refractivity contribution in [1.29, 1.82) is 5.26 Å². The Balaban J connectivity index is 2.56. The predicted molar refractivity (Wildman–Crippen MR) is 80.6 cm³/mol. The van der Waals surface area contributed by atoms with Crippen LogP contribution in [0.2, 0.25) is 28.7 Å². The van der Waals surface area contributed by atoms with E-state index < -0.39 is 14.3 Å². The van der Waals surface area contributed by atoms with Gasteiger partial charge in [-0.3, -0.25) is 0 Å². The number of halogens is 2. The molecule has 0 saturated carbocycles. The topological polar surface area (TPSA) is 59.3 Å². The Labute approximate surface area is 129 Å². The summed E-state index contributed by atoms with van der Waals surface area (Å²) in [6.07, 6.45) is 0. The number of hydrogen-bond donors (Lipinski definition) is 0. The minimum atomic E-state index is -2.37. The number of rotatable bonds is 5. The molecule has 108 valence electrons. The van der Waals surface area contributed by atoms with Crippen molar-refractivity contribution in [1.82, 2.24) is 0 Å². The number of nitriles is 1. The van der Waals surface area contributed by atoms with E-state index in [0.29, 0.717) is 15.8 Å². The maximum atomic E-state index is 11.7. The summed E-state index contributed by atoms with van der Waals surface area (Å²) in [6, 6.07) is 6.83. The molecule has 0 N–H and O–H groups in total. The van der Waals surface area contributed by atoms with Crippen molar-refractivity contribution in [2.24, 2.45) is 0 Å². The second-order valence-electron chi connectivity index (χ2n) is 4.79. The molecule has 0 amide bonds. The number of nitrogens with zero attached hydrogens (tertiary/aromatic N) is 1. The summed E-state index contributed by atoms with van der Waals surface area (Å²) in [5.74, 6) is -0.0565. The van der Waals surface area contributed by atoms with Crippen LogP contribution in [0.5, 0.6) is 5.75 Å². The lowest BCUT2D eigenvalue weighted by molar-refractivity contribution is -0.137. The summed E-state index contributed by atoms with van der Waals surface area (Å²) in [5, 5.41) is 9.65. The number of ether oxygens (including phenoxy) is 1. The third kappa shape index (κ3) is 4.71. The lowest BCUT2D eigenvalue weighted by Crippen LogP contribution is -2.38. The standard InChI is InChI=1S/C13H15Cl2NO3Si/c1-9(7-16)20(2,3)19-13(17)8-18-10-4-5-11(14)12(15)6-10/h4-6,9H,8H2,1-3H3. The minimum Gasteiger partial charge on any atom is -0.516 e. The zero-order chi connectivity index (χ0) is 15.3. The van der Waals surface area contributed by atoms with E-state index in [1.165, 1.54) is 6.07 Å². The van der Waals surface area contributed by atoms with Gasteiger partial charge in [0.05, 0.1) is 21.7 Å². The van der Waals surface area contributed by atoms with Crippen molar-refractivity contribution in [2.75, 3.05) is 6.61 Å². The van der Waals surface area contributed by atoms with Crippen molar-refractivity contribution in [3.63, 3.8) is 0 Å². The van der Waals surface area contributed by atoms with Crippen molar-refractivity contribution < 1.29 is 14.0 Å². The van der Waals surface area contributed by atoms with E-state index >= 15 is 0 Å². The second kappa shape index (κ2) is 6.98. The molecule has 20 heavy (non-hydrogen) atoms. The van der Waals surface area contributed by atoms with Crippen LogP contribution >= 0.6 is 23.2 Å². The second-order valence-corrected chi connectivity index (χ2v) is 9.88. The molecule has 7 heteroatoms. The van der Waals surface area contributed by atoms with Gasteiger partial charge in [-0.25, -0.2) is 4.79 Å². The van der Waals surface area contributed by atoms with Gasteiger partial charge in [0, 0.05) is 6.07 Å². The molecule has 1 rings (SSSR count). The smallest absolute Gasteiger partial charge is 0.330 e. The van der Waals surface area contributed by atoms with Crippen molar-refractivity contribution >= 4 is 37.5 Å². The predicted octanol–water partition coefficient (Wildman–Crippen LogP) is 4.03. The maximum absolute atomic E-state index is 11.7. The molecule has 0 spiro atoms. The summed E-state index contributed by atoms with van der Waals surface area (Å²) in [5.41, 5.74) is -0.281. The molecule has 1 atom stereocenters. The van der Waals surface area contributed by atoms with Crippen LogP contribution in [-0.2, 0) is 9.22 Å². The zero-order valence-corrected chi connectivity index (χ0v) is 14.0. The summed E-state index contributed by atoms with van der Waals surface area (Å²) in [4.78, 5) is 11.7. The molecule has 0 radical (unpaired) electrons. The first-order chi connectivity index (χ1) is 9.26. The van der Waals surface area contributed by atoms with Gasteiger partial charge in [0.25, 0.3) is 8.32 Å². The fourth-order valence-corrected chi connectivity index (χ4v) is 2.70. The average molecular weight is 332 g/mol. The lowest BCUT2D eigenvalue weighted by Gasteiger charge is -2.24. The third-order valence-electron chi connectivity index (χ3n) is 2.86. The molecule has 0 aliphatic heterocycles. The fourth-order valence-electron chi connectivity index (χ4n) is 1.28. The number of carbonyl (C=O) groups is 1. The quantitative estimate of drug-likeness (QED) is 0.764. The van der Waals surface area contributed by atoms with E-state index in [9.17, 15) is 4.79 Å². The highest BCUT2D eigenvalue weighted by Gasteiger charge is 2.34. The molecular formula is C13H15Cl2NO3Si. The summed E-state index contributed by atoms with van der Waals surface area (Å²) in [6.45, 7) is 5.15. The first-order valence-corrected chi connectivity index (χ1v) is 9.69. The monoisotopic (exact) mass is 331 g/mol. The molecule has 0 heterocycles. The van der Waals surface area contributed by atoms with Gasteiger partial charge >= 0.3 is 5.97 Å². The van der Waals surface area contributed by atoms with Crippen LogP contribution in [0.3, 0.4) is 0 Å². The van der Waals surface area contributed by atoms with Crippen LogP contribution in [0, 0.1) is 11.3 Å². The summed E-state index contributed by atoms with van der Waals surface area (Å²) in [7, 11) is -2.37. The molecule has 0 bridgehead atoms. The largest absolute Gasteiger partial charge is 0.516 e. The Morgan fingerprint density at radius 1 is 1.40 bits per heavy atom. The normalized spacial score (nSPS) is 12.4. The Morgan fingerprint density at radius 2 is 2.05 bits per heavy atom. The molecule has 0 aromatic heterocycles. The van der Waals surface area contributed by atoms with Crippen molar-refractivity contribution in [3.8, 4) is 11.8 Å². The van der Waals surface area contributed by atoms with E-state index in [4.69, 9.17) is 37.6 Å². The van der Waals surface area contributed by atoms with Crippen molar-refractivity contribution in [3.05, 3.63) is 28.2 Å². The Hall–Kier alpha value is -1.22. The van der Waals surface area contributed by atoms with Gasteiger partial charge in [0.2, 0.25) is 0 Å². The highest BCUT2D eigenvalue weighted by molar-refractivity contribution is 6.74. The third-order valence-corrected chi connectivity index (χ3v) is 6.57. The molecule has 1 unspecified atom stereocenters. The first-order valence-electron chi connectivity index (χ1n) is 5.95. The van der Waals surface area contributed by atoms with Gasteiger partial charge in [-0.05, 0) is 32.2 Å². The lowest BCUT2D eigenvalue weighted by atomic mass is 10.3. The Bertz CT molecular complexity index is 543. The van der Waals surface area contributed by atoms with E-state index in [2.05, 4.69) is 6.07 Å². The van der Waals surface area contributed by atoms with Gasteiger partial charge in [-0.1, -0.05) is 23.2 Å². The number of carbonyl (C=O) groups excluding carboxylic acids is 1. The van der Waals surface area contributed by atoms with Crippen LogP contribution in [0.4, 0.5) is 0 Å². The Kier molecular flexibility index (Phi) is 5.87. The molecule has 0 saturated heterocycles. The number of hydrogen-bond acceptors (Lipinski definition) is 4. The van der Waals surface area contributed by atoms with Crippen LogP contribution < -0.4 is 4.74 Å². The maximum Gasteiger partial charge on any atom is 0.330 e. The molecule has 0 aliphatic carbocycles. The molecule has 1 aromatic carbocycles. The molecule has 1 aromatic rings. The van der Waals surface area contributed by atoms with E-state index in [0.717, 1.165) is 0 Å². The molecular weight excluding hydrogens is 317 g/mol. The summed E-state index contributed by atoms with van der Waals surface area (Å²) < 4.78 is 10.6. The van der Waals surface area contributed by atoms with Crippen LogP contribution in [0.25, 0.3) is 0 Å². The highest BCUT2D eigenvalue weighted by atomic mass is 35.5. The van der Waals surface area contributed by atoms with Gasteiger partial charge in [-0.2, -0.15) is 5.26 Å². The highest BCUT2D eigenvalue weighted by Crippen LogP contribution is 2.26. The molecule has 0 aliphatic rings. The molecule has 4 nitrogen and oxygen atoms in total. The van der Waals surface area contributed by atoms with Gasteiger partial charge < -0.3 is 9.16 Å². The van der Waals surface area contributed by atoms with E-state index in [-0.39, 0.29) is 12.1 Å². The van der Waals surface area contributed by atoms with Gasteiger partial charge in [0.1, 0.15) is 5.75 Å². The molecule has 0 fully saturated rings. The number of benzene rings is 1. The van der Waals surface area contributed by atoms with Crippen LogP contribution in [0.1, 0.15) is 6.92 Å². The van der Waals surface area contributed by atoms with E-state index in [1.54, 1.807) is 19.1 Å². The Morgan fingerprint density at radius 3 is 2.60 bits per heavy atom. The van der Waals surface area contributed by atoms with Crippen LogP contribution in [-0.4, -0.2) is 20.9 Å².